The number of hydrogen-bond donors (Lipinski definition) is 3. The molecule has 1 fully saturated rings. The van der Waals surface area contributed by atoms with E-state index in [0.29, 0.717) is 11.3 Å². The molecule has 3 N–H and O–H groups in total. The van der Waals surface area contributed by atoms with Crippen molar-refractivity contribution in [3.8, 4) is 11.5 Å². The van der Waals surface area contributed by atoms with Gasteiger partial charge in [-0.3, -0.25) is 15.4 Å². The Morgan fingerprint density at radius 1 is 1.12 bits per heavy atom. The van der Waals surface area contributed by atoms with Gasteiger partial charge < -0.3 is 19.2 Å². The molecule has 3 aromatic carbocycles. The third kappa shape index (κ3) is 5.12. The smallest absolute Gasteiger partial charge is 0.412 e. The Balaban J connectivity index is 1.30. The molecule has 4 aromatic rings. The molecule has 1 saturated heterocycles. The van der Waals surface area contributed by atoms with Crippen LogP contribution in [0.3, 0.4) is 0 Å². The lowest BCUT2D eigenvalue weighted by molar-refractivity contribution is -0.133. The van der Waals surface area contributed by atoms with Crippen molar-refractivity contribution in [1.29, 1.82) is 0 Å². The van der Waals surface area contributed by atoms with Crippen LogP contribution in [-0.2, 0) is 21.6 Å². The van der Waals surface area contributed by atoms with Gasteiger partial charge in [0.15, 0.2) is 11.4 Å². The molecule has 42 heavy (non-hydrogen) atoms. The first kappa shape index (κ1) is 27.2. The maximum absolute atomic E-state index is 15.3. The molecule has 1 unspecified atom stereocenters. The third-order valence-corrected chi connectivity index (χ3v) is 7.61. The highest BCUT2D eigenvalue weighted by Gasteiger charge is 2.51. The molecule has 2 aliphatic rings. The van der Waals surface area contributed by atoms with Crippen LogP contribution >= 0.6 is 11.6 Å². The highest BCUT2D eigenvalue weighted by atomic mass is 35.5. The van der Waals surface area contributed by atoms with E-state index >= 15 is 4.39 Å². The summed E-state index contributed by atoms with van der Waals surface area (Å²) in [6, 6.07) is 18.5. The van der Waals surface area contributed by atoms with Crippen LogP contribution in [0.15, 0.2) is 71.1 Å². The predicted molar refractivity (Wildman–Crippen MR) is 149 cm³/mol. The van der Waals surface area contributed by atoms with Gasteiger partial charge >= 0.3 is 12.2 Å². The third-order valence-electron chi connectivity index (χ3n) is 7.32. The fourth-order valence-corrected chi connectivity index (χ4v) is 5.54. The van der Waals surface area contributed by atoms with E-state index in [1.807, 2.05) is 30.3 Å². The average Bonchev–Trinajstić information content (AvgIpc) is 3.62. The first-order valence-electron chi connectivity index (χ1n) is 13.0. The van der Waals surface area contributed by atoms with Crippen LogP contribution in [0, 0.1) is 5.82 Å². The zero-order valence-corrected chi connectivity index (χ0v) is 22.6. The lowest BCUT2D eigenvalue weighted by Crippen LogP contribution is -2.44. The van der Waals surface area contributed by atoms with Gasteiger partial charge in [0.2, 0.25) is 17.7 Å². The number of aromatic nitrogens is 2. The van der Waals surface area contributed by atoms with Gasteiger partial charge in [-0.1, -0.05) is 41.9 Å². The van der Waals surface area contributed by atoms with Crippen LogP contribution in [-0.4, -0.2) is 51.4 Å². The van der Waals surface area contributed by atoms with E-state index in [0.717, 1.165) is 5.56 Å². The zero-order valence-electron chi connectivity index (χ0n) is 21.8. The fraction of sp³-hybridized carbons (Fsp3) is 0.207. The van der Waals surface area contributed by atoms with Crippen molar-refractivity contribution in [3.05, 3.63) is 94.6 Å². The highest BCUT2D eigenvalue weighted by molar-refractivity contribution is 6.31. The second-order valence-electron chi connectivity index (χ2n) is 10.00. The first-order valence-corrected chi connectivity index (χ1v) is 13.4. The number of amides is 3. The van der Waals surface area contributed by atoms with Crippen molar-refractivity contribution in [2.24, 2.45) is 0 Å². The first-order chi connectivity index (χ1) is 20.2. The molecule has 3 amide bonds. The Hall–Kier alpha value is -4.97. The Kier molecular flexibility index (Phi) is 6.99. The standard InChI is InChI=1S/C29H23ClFN5O6/c30-20-10-11-21-22(23(20)31)29(42-28(40)33-21)12-13-36(15-29)26(37)19(14-16-4-2-1-3-5-16)25-35-34-24(41-25)17-6-8-18(9-7-17)32-27(38)39/h1-11,19,32H,12-15H2,(H,33,40)(H,38,39)/t19?,29-/m0/s1. The van der Waals surface area contributed by atoms with Crippen LogP contribution in [0.25, 0.3) is 11.5 Å². The molecule has 3 heterocycles. The second kappa shape index (κ2) is 10.8. The Morgan fingerprint density at radius 2 is 1.88 bits per heavy atom. The van der Waals surface area contributed by atoms with E-state index < -0.39 is 29.5 Å². The summed E-state index contributed by atoms with van der Waals surface area (Å²) in [5, 5.41) is 21.9. The molecule has 1 aromatic heterocycles. The lowest BCUT2D eigenvalue weighted by atomic mass is 9.89. The normalized spacial score (nSPS) is 18.2. The molecule has 6 rings (SSSR count). The Labute approximate surface area is 243 Å². The summed E-state index contributed by atoms with van der Waals surface area (Å²) in [4.78, 5) is 38.9. The van der Waals surface area contributed by atoms with Crippen molar-refractivity contribution in [2.45, 2.75) is 24.4 Å². The van der Waals surface area contributed by atoms with Crippen LogP contribution in [0.5, 0.6) is 0 Å². The zero-order chi connectivity index (χ0) is 29.4. The van der Waals surface area contributed by atoms with E-state index in [-0.39, 0.29) is 59.9 Å². The van der Waals surface area contributed by atoms with Gasteiger partial charge in [-0.25, -0.2) is 14.0 Å². The SMILES string of the molecule is O=C(O)Nc1ccc(-c2nnc(C(Cc3ccccc3)C(=O)N3CC[C@@]4(C3)OC(=O)Nc3ccc(Cl)c(F)c34)o2)cc1. The number of carbonyl (C=O) groups is 3. The van der Waals surface area contributed by atoms with Crippen molar-refractivity contribution in [1.82, 2.24) is 15.1 Å². The average molecular weight is 592 g/mol. The van der Waals surface area contributed by atoms with Crippen LogP contribution < -0.4 is 10.6 Å². The maximum atomic E-state index is 15.3. The fourth-order valence-electron chi connectivity index (χ4n) is 5.38. The molecule has 11 nitrogen and oxygen atoms in total. The molecule has 0 aliphatic carbocycles. The number of ether oxygens (including phenoxy) is 1. The minimum Gasteiger partial charge on any atom is -0.465 e. The van der Waals surface area contributed by atoms with Crippen LogP contribution in [0.1, 0.15) is 29.4 Å². The van der Waals surface area contributed by atoms with Gasteiger partial charge in [0.05, 0.1) is 22.8 Å². The molecule has 0 bridgehead atoms. The summed E-state index contributed by atoms with van der Waals surface area (Å²) in [5.74, 6) is -1.74. The number of nitrogens with zero attached hydrogens (tertiary/aromatic N) is 3. The van der Waals surface area contributed by atoms with Gasteiger partial charge in [0, 0.05) is 24.2 Å². The highest BCUT2D eigenvalue weighted by Crippen LogP contribution is 2.46. The van der Waals surface area contributed by atoms with E-state index in [2.05, 4.69) is 20.8 Å². The minimum atomic E-state index is -1.41. The number of anilines is 2. The summed E-state index contributed by atoms with van der Waals surface area (Å²) in [6.07, 6.45) is -1.53. The summed E-state index contributed by atoms with van der Waals surface area (Å²) in [5.41, 5.74) is 0.681. The summed E-state index contributed by atoms with van der Waals surface area (Å²) in [7, 11) is 0. The maximum Gasteiger partial charge on any atom is 0.412 e. The number of carboxylic acid groups (broad SMARTS) is 1. The molecule has 2 atom stereocenters. The van der Waals surface area contributed by atoms with Gasteiger partial charge in [-0.15, -0.1) is 10.2 Å². The number of likely N-dealkylation sites (tertiary alicyclic amines) is 1. The molecule has 13 heteroatoms. The van der Waals surface area contributed by atoms with E-state index in [1.165, 1.54) is 17.0 Å². The summed E-state index contributed by atoms with van der Waals surface area (Å²) >= 11 is 6.07. The molecule has 0 radical (unpaired) electrons. The Morgan fingerprint density at radius 3 is 2.62 bits per heavy atom. The van der Waals surface area contributed by atoms with Gasteiger partial charge in [0.1, 0.15) is 5.92 Å². The topological polar surface area (TPSA) is 147 Å². The number of fused-ring (bicyclic) bond motifs is 2. The number of halogens is 2. The monoisotopic (exact) mass is 591 g/mol. The van der Waals surface area contributed by atoms with Gasteiger partial charge in [0.25, 0.3) is 0 Å². The van der Waals surface area contributed by atoms with Crippen LogP contribution in [0.4, 0.5) is 25.4 Å². The number of benzene rings is 3. The van der Waals surface area contributed by atoms with Gasteiger partial charge in [-0.2, -0.15) is 0 Å². The summed E-state index contributed by atoms with van der Waals surface area (Å²) in [6.45, 7) is 0.0929. The van der Waals surface area contributed by atoms with Crippen LogP contribution in [0.2, 0.25) is 5.02 Å². The molecular weight excluding hydrogens is 569 g/mol. The number of hydrogen-bond acceptors (Lipinski definition) is 7. The molecule has 0 saturated carbocycles. The lowest BCUT2D eigenvalue weighted by Gasteiger charge is -2.36. The molecule has 1 spiro atoms. The molecule has 214 valence electrons. The number of carbonyl (C=O) groups excluding carboxylic acids is 2. The number of rotatable bonds is 6. The van der Waals surface area contributed by atoms with Crippen molar-refractivity contribution < 1.29 is 33.0 Å². The van der Waals surface area contributed by atoms with E-state index in [4.69, 9.17) is 25.9 Å². The van der Waals surface area contributed by atoms with E-state index in [9.17, 15) is 14.4 Å². The second-order valence-corrected chi connectivity index (χ2v) is 10.4. The van der Waals surface area contributed by atoms with Gasteiger partial charge in [-0.05, 0) is 48.4 Å². The predicted octanol–water partition coefficient (Wildman–Crippen LogP) is 5.64. The molecular formula is C29H23ClFN5O6. The van der Waals surface area contributed by atoms with Crippen molar-refractivity contribution in [3.63, 3.8) is 0 Å². The largest absolute Gasteiger partial charge is 0.465 e. The minimum absolute atomic E-state index is 0.0736. The summed E-state index contributed by atoms with van der Waals surface area (Å²) < 4.78 is 26.9. The Bertz CT molecular complexity index is 1680. The number of nitrogens with one attached hydrogen (secondary N) is 2. The molecule has 2 aliphatic heterocycles. The van der Waals surface area contributed by atoms with Crippen molar-refractivity contribution >= 4 is 41.1 Å². The van der Waals surface area contributed by atoms with Crippen molar-refractivity contribution in [2.75, 3.05) is 23.7 Å². The van der Waals surface area contributed by atoms with E-state index in [1.54, 1.807) is 24.3 Å². The quantitative estimate of drug-likeness (QED) is 0.261.